The van der Waals surface area contributed by atoms with Crippen LogP contribution in [0.5, 0.6) is 5.75 Å². The SMILES string of the molecule is O=C1CN(CCc2ccc(CN3CCCC3)cc2)C(=O)N1c1ccc(-c2ccc(OC(F)(F)F)cc2)cc1. The molecule has 3 aromatic carbocycles. The van der Waals surface area contributed by atoms with E-state index in [0.717, 1.165) is 30.8 Å². The molecular weight excluding hydrogens is 495 g/mol. The molecule has 0 saturated carbocycles. The van der Waals surface area contributed by atoms with Gasteiger partial charge in [-0.25, -0.2) is 9.69 Å². The van der Waals surface area contributed by atoms with Crippen molar-refractivity contribution in [2.75, 3.05) is 31.1 Å². The number of likely N-dealkylation sites (tertiary alicyclic amines) is 1. The van der Waals surface area contributed by atoms with E-state index in [9.17, 15) is 22.8 Å². The van der Waals surface area contributed by atoms with Gasteiger partial charge in [0.05, 0.1) is 5.69 Å². The van der Waals surface area contributed by atoms with Gasteiger partial charge in [0, 0.05) is 13.1 Å². The molecule has 0 atom stereocenters. The minimum absolute atomic E-state index is 0.0221. The molecule has 5 rings (SSSR count). The number of nitrogens with zero attached hydrogens (tertiary/aromatic N) is 3. The number of hydrogen-bond acceptors (Lipinski definition) is 4. The third kappa shape index (κ3) is 6.16. The fourth-order valence-corrected chi connectivity index (χ4v) is 4.91. The first-order valence-corrected chi connectivity index (χ1v) is 12.6. The maximum atomic E-state index is 13.0. The highest BCUT2D eigenvalue weighted by atomic mass is 19.4. The Labute approximate surface area is 219 Å². The first-order chi connectivity index (χ1) is 18.2. The van der Waals surface area contributed by atoms with Crippen molar-refractivity contribution in [1.29, 1.82) is 0 Å². The van der Waals surface area contributed by atoms with E-state index < -0.39 is 6.36 Å². The average molecular weight is 524 g/mol. The molecule has 0 spiro atoms. The molecule has 38 heavy (non-hydrogen) atoms. The van der Waals surface area contributed by atoms with Gasteiger partial charge in [0.15, 0.2) is 0 Å². The lowest BCUT2D eigenvalue weighted by molar-refractivity contribution is -0.274. The molecule has 3 amide bonds. The minimum atomic E-state index is -4.75. The summed E-state index contributed by atoms with van der Waals surface area (Å²) in [6.45, 7) is 3.73. The van der Waals surface area contributed by atoms with Crippen LogP contribution in [-0.4, -0.2) is 54.3 Å². The molecule has 0 aliphatic carbocycles. The Bertz CT molecular complexity index is 1270. The quantitative estimate of drug-likeness (QED) is 0.347. The summed E-state index contributed by atoms with van der Waals surface area (Å²) in [6, 6.07) is 20.4. The second-order valence-corrected chi connectivity index (χ2v) is 9.60. The summed E-state index contributed by atoms with van der Waals surface area (Å²) in [5.74, 6) is -0.596. The molecule has 9 heteroatoms. The average Bonchev–Trinajstić information content (AvgIpc) is 3.50. The third-order valence-corrected chi connectivity index (χ3v) is 6.88. The molecule has 2 saturated heterocycles. The van der Waals surface area contributed by atoms with E-state index >= 15 is 0 Å². The van der Waals surface area contributed by atoms with Gasteiger partial charge in [0.1, 0.15) is 12.3 Å². The number of carbonyl (C=O) groups is 2. The monoisotopic (exact) mass is 523 g/mol. The van der Waals surface area contributed by atoms with Crippen LogP contribution >= 0.6 is 0 Å². The molecular formula is C29H28F3N3O3. The second-order valence-electron chi connectivity index (χ2n) is 9.60. The molecule has 0 radical (unpaired) electrons. The van der Waals surface area contributed by atoms with Gasteiger partial charge in [0.2, 0.25) is 0 Å². The third-order valence-electron chi connectivity index (χ3n) is 6.88. The summed E-state index contributed by atoms with van der Waals surface area (Å²) in [5.41, 5.74) is 4.26. The van der Waals surface area contributed by atoms with Crippen molar-refractivity contribution < 1.29 is 27.5 Å². The predicted octanol–water partition coefficient (Wildman–Crippen LogP) is 5.86. The Kier molecular flexibility index (Phi) is 7.37. The van der Waals surface area contributed by atoms with Crippen LogP contribution in [0.3, 0.4) is 0 Å². The van der Waals surface area contributed by atoms with Crippen LogP contribution < -0.4 is 9.64 Å². The largest absolute Gasteiger partial charge is 0.573 e. The maximum Gasteiger partial charge on any atom is 0.573 e. The summed E-state index contributed by atoms with van der Waals surface area (Å²) in [6.07, 6.45) is -1.56. The Balaban J connectivity index is 1.17. The van der Waals surface area contributed by atoms with Crippen LogP contribution in [0.1, 0.15) is 24.0 Å². The number of anilines is 1. The van der Waals surface area contributed by atoms with Crippen LogP contribution in [0, 0.1) is 0 Å². The second kappa shape index (κ2) is 10.9. The van der Waals surface area contributed by atoms with E-state index in [1.54, 1.807) is 29.2 Å². The van der Waals surface area contributed by atoms with E-state index in [1.165, 1.54) is 47.6 Å². The molecule has 0 aromatic heterocycles. The van der Waals surface area contributed by atoms with Crippen molar-refractivity contribution in [2.45, 2.75) is 32.2 Å². The zero-order valence-corrected chi connectivity index (χ0v) is 20.8. The predicted molar refractivity (Wildman–Crippen MR) is 138 cm³/mol. The topological polar surface area (TPSA) is 53.1 Å². The Morgan fingerprint density at radius 3 is 1.95 bits per heavy atom. The summed E-state index contributed by atoms with van der Waals surface area (Å²) >= 11 is 0. The fourth-order valence-electron chi connectivity index (χ4n) is 4.91. The Hall–Kier alpha value is -3.85. The van der Waals surface area contributed by atoms with Crippen molar-refractivity contribution in [3.8, 4) is 16.9 Å². The van der Waals surface area contributed by atoms with Crippen molar-refractivity contribution >= 4 is 17.6 Å². The van der Waals surface area contributed by atoms with Gasteiger partial charge in [-0.2, -0.15) is 0 Å². The van der Waals surface area contributed by atoms with E-state index in [1.807, 2.05) is 0 Å². The van der Waals surface area contributed by atoms with Gasteiger partial charge in [-0.3, -0.25) is 9.69 Å². The van der Waals surface area contributed by atoms with Crippen LogP contribution in [0.25, 0.3) is 11.1 Å². The van der Waals surface area contributed by atoms with Gasteiger partial charge in [-0.1, -0.05) is 48.5 Å². The van der Waals surface area contributed by atoms with E-state index in [4.69, 9.17) is 0 Å². The zero-order valence-electron chi connectivity index (χ0n) is 20.8. The zero-order chi connectivity index (χ0) is 26.7. The normalized spacial score (nSPS) is 16.5. The lowest BCUT2D eigenvalue weighted by Crippen LogP contribution is -2.34. The van der Waals surface area contributed by atoms with E-state index in [0.29, 0.717) is 24.2 Å². The van der Waals surface area contributed by atoms with Crippen LogP contribution in [-0.2, 0) is 17.8 Å². The first-order valence-electron chi connectivity index (χ1n) is 12.6. The molecule has 0 unspecified atom stereocenters. The maximum absolute atomic E-state index is 13.0. The van der Waals surface area contributed by atoms with Crippen LogP contribution in [0.2, 0.25) is 0 Å². The highest BCUT2D eigenvalue weighted by Gasteiger charge is 2.36. The standard InChI is InChI=1S/C29H28F3N3O3/c30-29(31,32)38-26-13-9-24(10-14-26)23-7-11-25(12-8-23)35-27(36)20-34(28(35)37)18-15-21-3-5-22(6-4-21)19-33-16-1-2-17-33/h3-14H,1-2,15-20H2. The van der Waals surface area contributed by atoms with Crippen molar-refractivity contribution in [1.82, 2.24) is 9.80 Å². The summed E-state index contributed by atoms with van der Waals surface area (Å²) in [4.78, 5) is 30.9. The molecule has 6 nitrogen and oxygen atoms in total. The molecule has 2 aliphatic heterocycles. The van der Waals surface area contributed by atoms with Crippen LogP contribution in [0.4, 0.5) is 23.7 Å². The molecule has 2 heterocycles. The molecule has 198 valence electrons. The number of halogens is 3. The van der Waals surface area contributed by atoms with Gasteiger partial charge in [0.25, 0.3) is 5.91 Å². The van der Waals surface area contributed by atoms with Gasteiger partial charge >= 0.3 is 12.4 Å². The number of imide groups is 1. The fraction of sp³-hybridized carbons (Fsp3) is 0.310. The summed E-state index contributed by atoms with van der Waals surface area (Å²) in [5, 5.41) is 0. The van der Waals surface area contributed by atoms with Gasteiger partial charge in [-0.15, -0.1) is 13.2 Å². The number of ether oxygens (including phenoxy) is 1. The van der Waals surface area contributed by atoms with Crippen molar-refractivity contribution in [3.05, 3.63) is 83.9 Å². The molecule has 3 aromatic rings. The van der Waals surface area contributed by atoms with Crippen molar-refractivity contribution in [3.63, 3.8) is 0 Å². The number of amides is 3. The molecule has 0 N–H and O–H groups in total. The number of alkyl halides is 3. The summed E-state index contributed by atoms with van der Waals surface area (Å²) < 4.78 is 41.0. The number of benzene rings is 3. The lowest BCUT2D eigenvalue weighted by atomic mass is 10.1. The minimum Gasteiger partial charge on any atom is -0.406 e. The van der Waals surface area contributed by atoms with E-state index in [-0.39, 0.29) is 24.2 Å². The number of rotatable bonds is 8. The first kappa shape index (κ1) is 25.8. The van der Waals surface area contributed by atoms with Gasteiger partial charge in [-0.05, 0) is 78.9 Å². The van der Waals surface area contributed by atoms with Gasteiger partial charge < -0.3 is 9.64 Å². The van der Waals surface area contributed by atoms with Crippen LogP contribution in [0.15, 0.2) is 72.8 Å². The number of hydrogen-bond donors (Lipinski definition) is 0. The highest BCUT2D eigenvalue weighted by Crippen LogP contribution is 2.29. The molecule has 2 aliphatic rings. The number of urea groups is 1. The molecule has 0 bridgehead atoms. The van der Waals surface area contributed by atoms with Crippen molar-refractivity contribution in [2.24, 2.45) is 0 Å². The lowest BCUT2D eigenvalue weighted by Gasteiger charge is -2.18. The Morgan fingerprint density at radius 2 is 1.34 bits per heavy atom. The number of carbonyl (C=O) groups excluding carboxylic acids is 2. The smallest absolute Gasteiger partial charge is 0.406 e. The van der Waals surface area contributed by atoms with E-state index in [2.05, 4.69) is 33.9 Å². The highest BCUT2D eigenvalue weighted by molar-refractivity contribution is 6.19. The summed E-state index contributed by atoms with van der Waals surface area (Å²) in [7, 11) is 0. The molecule has 2 fully saturated rings. The Morgan fingerprint density at radius 1 is 0.763 bits per heavy atom.